The fourth-order valence-corrected chi connectivity index (χ4v) is 26.7. The van der Waals surface area contributed by atoms with Gasteiger partial charge in [-0.15, -0.1) is 0 Å². The Bertz CT molecular complexity index is 677. The molecule has 0 aromatic rings. The molecular weight excluding hydrogens is 601 g/mol. The summed E-state index contributed by atoms with van der Waals surface area (Å²) in [6, 6.07) is 10.4. The van der Waals surface area contributed by atoms with Crippen LogP contribution in [0.1, 0.15) is 137 Å². The Kier molecular flexibility index (Phi) is 18.1. The van der Waals surface area contributed by atoms with Crippen molar-refractivity contribution in [1.29, 1.82) is 0 Å². The van der Waals surface area contributed by atoms with Crippen LogP contribution in [-0.4, -0.2) is 65.0 Å². The predicted molar refractivity (Wildman–Crippen MR) is 210 cm³/mol. The highest BCUT2D eigenvalue weighted by Gasteiger charge is 2.43. The largest absolute Gasteiger partial charge is 0.394 e. The molecule has 0 amide bonds. The van der Waals surface area contributed by atoms with Gasteiger partial charge in [-0.2, -0.15) is 0 Å². The van der Waals surface area contributed by atoms with Gasteiger partial charge in [0.1, 0.15) is 12.2 Å². The Morgan fingerprint density at radius 1 is 0.391 bits per heavy atom. The van der Waals surface area contributed by atoms with Gasteiger partial charge in [0, 0.05) is 13.2 Å². The lowest BCUT2D eigenvalue weighted by atomic mass is 9.99. The minimum atomic E-state index is -1.63. The van der Waals surface area contributed by atoms with E-state index < -0.39 is 28.4 Å². The zero-order valence-corrected chi connectivity index (χ0v) is 36.8. The van der Waals surface area contributed by atoms with Gasteiger partial charge in [-0.25, -0.2) is 0 Å². The van der Waals surface area contributed by atoms with Gasteiger partial charge in [-0.1, -0.05) is 173 Å². The summed E-state index contributed by atoms with van der Waals surface area (Å²) in [5.74, 6) is 0. The maximum Gasteiger partial charge on any atom is 0.109 e. The van der Waals surface area contributed by atoms with Crippen LogP contribution in [0.15, 0.2) is 0 Å². The highest BCUT2D eigenvalue weighted by Crippen LogP contribution is 2.47. The monoisotopic (exact) mass is 687 g/mol. The Morgan fingerprint density at radius 3 is 0.739 bits per heavy atom. The number of ether oxygens (including phenoxy) is 2. The van der Waals surface area contributed by atoms with Gasteiger partial charge in [0.05, 0.1) is 29.4 Å². The van der Waals surface area contributed by atoms with Crippen LogP contribution < -0.4 is 0 Å². The highest BCUT2D eigenvalue weighted by atomic mass is 28.3. The Hall–Kier alpha value is 0.274. The van der Waals surface area contributed by atoms with E-state index in [0.717, 1.165) is 12.8 Å². The third-order valence-corrected chi connectivity index (χ3v) is 22.3. The van der Waals surface area contributed by atoms with Gasteiger partial charge in [-0.05, 0) is 45.3 Å². The average molecular weight is 687 g/mol. The summed E-state index contributed by atoms with van der Waals surface area (Å²) in [5.41, 5.74) is 1.83. The molecule has 0 bridgehead atoms. The zero-order valence-electron chi connectivity index (χ0n) is 34.8. The Morgan fingerprint density at radius 2 is 0.587 bits per heavy atom. The van der Waals surface area contributed by atoms with Crippen LogP contribution in [0.5, 0.6) is 0 Å². The first-order valence-electron chi connectivity index (χ1n) is 18.8. The van der Waals surface area contributed by atoms with Gasteiger partial charge in [-0.3, -0.25) is 0 Å². The summed E-state index contributed by atoms with van der Waals surface area (Å²) in [7, 11) is -3.27. The molecular formula is C40H86O4Si2. The molecule has 4 nitrogen and oxygen atoms in total. The SMILES string of the molecule is CC(C)(C)C[Si](CCCO[C@@H](CO)[C@@H](CO)OCCC[Si](CC(C)(C)C)(CC(C)(C)C)CC(C)(C)C)(CC(C)(C)C)CC(C)(C)C. The van der Waals surface area contributed by atoms with Crippen molar-refractivity contribution in [2.75, 3.05) is 26.4 Å². The summed E-state index contributed by atoms with van der Waals surface area (Å²) in [4.78, 5) is 0. The van der Waals surface area contributed by atoms with Gasteiger partial charge in [0.25, 0.3) is 0 Å². The number of aliphatic hydroxyl groups excluding tert-OH is 2. The van der Waals surface area contributed by atoms with E-state index in [2.05, 4.69) is 125 Å². The minimum Gasteiger partial charge on any atom is -0.394 e. The Labute approximate surface area is 292 Å². The molecule has 278 valence electrons. The fraction of sp³-hybridized carbons (Fsp3) is 1.00. The van der Waals surface area contributed by atoms with E-state index in [1.165, 1.54) is 48.4 Å². The van der Waals surface area contributed by atoms with E-state index >= 15 is 0 Å². The van der Waals surface area contributed by atoms with Gasteiger partial charge in [0.2, 0.25) is 0 Å². The van der Waals surface area contributed by atoms with E-state index in [1.807, 2.05) is 0 Å². The molecule has 46 heavy (non-hydrogen) atoms. The molecule has 2 N–H and O–H groups in total. The molecule has 0 rings (SSSR count). The fourth-order valence-electron chi connectivity index (χ4n) is 9.57. The lowest BCUT2D eigenvalue weighted by Gasteiger charge is -2.45. The van der Waals surface area contributed by atoms with Crippen molar-refractivity contribution in [3.63, 3.8) is 0 Å². The van der Waals surface area contributed by atoms with Crippen molar-refractivity contribution in [2.45, 2.75) is 198 Å². The standard InChI is InChI=1S/C40H86O4Si2/c1-35(2,3)27-45(28-36(4,5)6,29-37(7,8)9)23-19-21-43-33(25-41)34(26-42)44-22-20-24-46(30-38(10,11)12,31-39(13,14)15)32-40(16,17)18/h33-34,41-42H,19-32H2,1-18H3/t33-,34+. The summed E-state index contributed by atoms with van der Waals surface area (Å²) < 4.78 is 12.6. The summed E-state index contributed by atoms with van der Waals surface area (Å²) in [6.45, 7) is 44.3. The zero-order chi connectivity index (χ0) is 36.5. The molecule has 0 unspecified atom stereocenters. The number of hydrogen-bond donors (Lipinski definition) is 2. The van der Waals surface area contributed by atoms with Crippen molar-refractivity contribution in [2.24, 2.45) is 32.5 Å². The molecule has 0 aromatic heterocycles. The smallest absolute Gasteiger partial charge is 0.109 e. The number of rotatable bonds is 19. The normalized spacial score (nSPS) is 16.2. The van der Waals surface area contributed by atoms with Crippen molar-refractivity contribution < 1.29 is 19.7 Å². The van der Waals surface area contributed by atoms with Crippen LogP contribution in [0.25, 0.3) is 0 Å². The van der Waals surface area contributed by atoms with Crippen molar-refractivity contribution in [1.82, 2.24) is 0 Å². The summed E-state index contributed by atoms with van der Waals surface area (Å²) >= 11 is 0. The molecule has 0 aromatic carbocycles. The highest BCUT2D eigenvalue weighted by molar-refractivity contribution is 6.80. The van der Waals surface area contributed by atoms with Crippen molar-refractivity contribution in [3.8, 4) is 0 Å². The third kappa shape index (κ3) is 22.8. The maximum absolute atomic E-state index is 10.3. The van der Waals surface area contributed by atoms with Gasteiger partial charge in [0.15, 0.2) is 0 Å². The van der Waals surface area contributed by atoms with Crippen molar-refractivity contribution >= 4 is 16.1 Å². The predicted octanol–water partition coefficient (Wildman–Crippen LogP) is 11.7. The van der Waals surface area contributed by atoms with Crippen LogP contribution in [0.3, 0.4) is 0 Å². The molecule has 0 fully saturated rings. The van der Waals surface area contributed by atoms with Crippen LogP contribution in [0.2, 0.25) is 48.4 Å². The van der Waals surface area contributed by atoms with Crippen LogP contribution >= 0.6 is 0 Å². The third-order valence-electron chi connectivity index (χ3n) is 8.57. The minimum absolute atomic E-state index is 0.128. The second kappa shape index (κ2) is 18.0. The summed E-state index contributed by atoms with van der Waals surface area (Å²) in [5, 5.41) is 20.6. The van der Waals surface area contributed by atoms with Gasteiger partial charge < -0.3 is 19.7 Å². The topological polar surface area (TPSA) is 58.9 Å². The van der Waals surface area contributed by atoms with E-state index in [4.69, 9.17) is 9.47 Å². The first-order chi connectivity index (χ1) is 20.3. The molecule has 2 atom stereocenters. The molecule has 0 heterocycles. The van der Waals surface area contributed by atoms with E-state index in [9.17, 15) is 10.2 Å². The van der Waals surface area contributed by atoms with E-state index in [1.54, 1.807) is 0 Å². The molecule has 0 aliphatic carbocycles. The lowest BCUT2D eigenvalue weighted by molar-refractivity contribution is -0.109. The molecule has 0 saturated carbocycles. The molecule has 0 saturated heterocycles. The first-order valence-corrected chi connectivity index (χ1v) is 24.4. The number of aliphatic hydroxyl groups is 2. The molecule has 6 heteroatoms. The Balaban J connectivity index is 5.59. The first kappa shape index (κ1) is 46.3. The number of hydrogen-bond acceptors (Lipinski definition) is 4. The van der Waals surface area contributed by atoms with E-state index in [-0.39, 0.29) is 13.2 Å². The molecule has 0 aliphatic heterocycles. The average Bonchev–Trinajstić information content (AvgIpc) is 2.72. The molecule has 0 aliphatic rings. The second-order valence-electron chi connectivity index (χ2n) is 22.8. The van der Waals surface area contributed by atoms with Crippen LogP contribution in [-0.2, 0) is 9.47 Å². The quantitative estimate of drug-likeness (QED) is 0.105. The van der Waals surface area contributed by atoms with Crippen molar-refractivity contribution in [3.05, 3.63) is 0 Å². The van der Waals surface area contributed by atoms with Gasteiger partial charge >= 0.3 is 0 Å². The molecule has 0 radical (unpaired) electrons. The van der Waals surface area contributed by atoms with E-state index in [0.29, 0.717) is 45.7 Å². The molecule has 0 spiro atoms. The summed E-state index contributed by atoms with van der Waals surface area (Å²) in [6.07, 6.45) is 1.03. The van der Waals surface area contributed by atoms with Crippen LogP contribution in [0.4, 0.5) is 0 Å². The maximum atomic E-state index is 10.3. The lowest BCUT2D eigenvalue weighted by Crippen LogP contribution is -2.45. The second-order valence-corrected chi connectivity index (χ2v) is 31.9. The van der Waals surface area contributed by atoms with Crippen LogP contribution in [0, 0.1) is 32.5 Å².